The van der Waals surface area contributed by atoms with Gasteiger partial charge in [-0.15, -0.1) is 6.42 Å². The van der Waals surface area contributed by atoms with Crippen molar-refractivity contribution in [1.82, 2.24) is 20.6 Å². The van der Waals surface area contributed by atoms with Crippen LogP contribution in [0.4, 0.5) is 0 Å². The maximum Gasteiger partial charge on any atom is 0.403 e. The fourth-order valence-corrected chi connectivity index (χ4v) is 4.56. The molecule has 154 valence electrons. The molecule has 0 unspecified atom stereocenters. The van der Waals surface area contributed by atoms with Crippen LogP contribution in [0.2, 0.25) is 0 Å². The van der Waals surface area contributed by atoms with Gasteiger partial charge >= 0.3 is 5.03 Å². The minimum absolute atomic E-state index is 0.0659. The number of nitrogens with zero attached hydrogens (tertiary/aromatic N) is 2. The molecule has 1 heterocycles. The Morgan fingerprint density at radius 1 is 1.34 bits per heavy atom. The van der Waals surface area contributed by atoms with E-state index < -0.39 is 19.8 Å². The molecule has 1 aromatic heterocycles. The molecule has 2 rings (SSSR count). The van der Waals surface area contributed by atoms with E-state index in [1.165, 1.54) is 24.3 Å². The minimum Gasteiger partial charge on any atom is -0.365 e. The smallest absolute Gasteiger partial charge is 0.365 e. The zero-order chi connectivity index (χ0) is 21.3. The minimum atomic E-state index is -4.35. The first-order valence-corrected chi connectivity index (χ1v) is 11.2. The summed E-state index contributed by atoms with van der Waals surface area (Å²) in [5, 5.41) is 16.1. The third-order valence-electron chi connectivity index (χ3n) is 3.78. The van der Waals surface area contributed by atoms with Gasteiger partial charge in [0.25, 0.3) is 9.84 Å². The number of thioether (sulfide) groups is 1. The lowest BCUT2D eigenvalue weighted by molar-refractivity contribution is -0.413. The molecular weight excluding hydrogens is 414 g/mol. The highest BCUT2D eigenvalue weighted by atomic mass is 32.2. The molecule has 0 amide bonds. The van der Waals surface area contributed by atoms with Gasteiger partial charge in [0, 0.05) is 23.7 Å². The molecule has 29 heavy (non-hydrogen) atoms. The number of rotatable bonds is 11. The van der Waals surface area contributed by atoms with Crippen LogP contribution in [0, 0.1) is 29.4 Å². The van der Waals surface area contributed by atoms with Crippen molar-refractivity contribution in [3.8, 4) is 12.3 Å². The summed E-state index contributed by atoms with van der Waals surface area (Å²) in [4.78, 5) is 17.7. The maximum absolute atomic E-state index is 12.8. The Morgan fingerprint density at radius 2 is 2.07 bits per heavy atom. The number of nitrogens with one attached hydrogen (secondary N) is 3. The van der Waals surface area contributed by atoms with Crippen LogP contribution in [0.5, 0.6) is 0 Å². The van der Waals surface area contributed by atoms with Crippen LogP contribution in [-0.4, -0.2) is 42.2 Å². The van der Waals surface area contributed by atoms with Gasteiger partial charge < -0.3 is 15.6 Å². The molecular formula is C18H21N5O4S2. The molecule has 2 aromatic rings. The van der Waals surface area contributed by atoms with E-state index in [9.17, 15) is 18.5 Å². The van der Waals surface area contributed by atoms with Crippen molar-refractivity contribution in [1.29, 1.82) is 0 Å². The van der Waals surface area contributed by atoms with Crippen molar-refractivity contribution < 1.29 is 13.3 Å². The van der Waals surface area contributed by atoms with Gasteiger partial charge in [-0.05, 0) is 19.1 Å². The van der Waals surface area contributed by atoms with Gasteiger partial charge in [-0.3, -0.25) is 10.1 Å². The van der Waals surface area contributed by atoms with Crippen molar-refractivity contribution >= 4 is 21.6 Å². The summed E-state index contributed by atoms with van der Waals surface area (Å²) in [5.74, 6) is 3.30. The highest BCUT2D eigenvalue weighted by Crippen LogP contribution is 2.21. The van der Waals surface area contributed by atoms with E-state index in [0.29, 0.717) is 18.1 Å². The highest BCUT2D eigenvalue weighted by molar-refractivity contribution is 7.98. The molecule has 0 aliphatic heterocycles. The summed E-state index contributed by atoms with van der Waals surface area (Å²) in [5.41, 5.74) is 1.90. The Hall–Kier alpha value is -2.97. The molecule has 0 aliphatic carbocycles. The number of aromatic amines is 1. The molecule has 0 atom stereocenters. The molecule has 0 saturated heterocycles. The molecule has 11 heteroatoms. The molecule has 3 N–H and O–H groups in total. The SMILES string of the molecule is C#CCN/C(NCCSCc1nc[nH]c1C)=C(\[N+](=O)[O-])S(=O)(=O)c1ccccc1. The van der Waals surface area contributed by atoms with E-state index in [2.05, 4.69) is 26.5 Å². The number of aryl methyl sites for hydroxylation is 1. The zero-order valence-electron chi connectivity index (χ0n) is 15.7. The first kappa shape index (κ1) is 22.3. The molecule has 0 radical (unpaired) electrons. The maximum atomic E-state index is 12.8. The molecule has 0 fully saturated rings. The Labute approximate surface area is 173 Å². The van der Waals surface area contributed by atoms with E-state index in [4.69, 9.17) is 6.42 Å². The third-order valence-corrected chi connectivity index (χ3v) is 6.50. The number of aromatic nitrogens is 2. The lowest BCUT2D eigenvalue weighted by Gasteiger charge is -2.13. The van der Waals surface area contributed by atoms with Crippen molar-refractivity contribution in [3.63, 3.8) is 0 Å². The fourth-order valence-electron chi connectivity index (χ4n) is 2.34. The Kier molecular flexibility index (Phi) is 8.11. The number of benzene rings is 1. The Bertz CT molecular complexity index is 1010. The Balaban J connectivity index is 2.17. The number of imidazole rings is 1. The number of nitro groups is 1. The van der Waals surface area contributed by atoms with Crippen LogP contribution < -0.4 is 10.6 Å². The summed E-state index contributed by atoms with van der Waals surface area (Å²) in [6.45, 7) is 2.15. The van der Waals surface area contributed by atoms with Crippen LogP contribution in [-0.2, 0) is 15.6 Å². The number of sulfone groups is 1. The summed E-state index contributed by atoms with van der Waals surface area (Å²) in [6, 6.07) is 7.24. The largest absolute Gasteiger partial charge is 0.403 e. The third kappa shape index (κ3) is 6.00. The standard InChI is InChI=1S/C18H21N5O4S2/c1-3-9-19-17(20-10-11-28-12-16-14(2)21-13-22-16)18(23(24)25)29(26,27)15-7-5-4-6-8-15/h1,4-8,13,19-20H,9-12H2,2H3,(H,21,22)/b18-17-. The second-order valence-corrected chi connectivity index (χ2v) is 8.74. The predicted octanol–water partition coefficient (Wildman–Crippen LogP) is 1.64. The molecule has 0 bridgehead atoms. The molecule has 9 nitrogen and oxygen atoms in total. The summed E-state index contributed by atoms with van der Waals surface area (Å²) >= 11 is 1.56. The van der Waals surface area contributed by atoms with Gasteiger partial charge in [0.05, 0.1) is 28.4 Å². The number of H-pyrrole nitrogens is 1. The number of hydrogen-bond donors (Lipinski definition) is 3. The van der Waals surface area contributed by atoms with E-state index in [1.54, 1.807) is 24.2 Å². The van der Waals surface area contributed by atoms with Gasteiger partial charge in [0.2, 0.25) is 0 Å². The van der Waals surface area contributed by atoms with Crippen molar-refractivity contribution in [2.24, 2.45) is 0 Å². The summed E-state index contributed by atoms with van der Waals surface area (Å²) < 4.78 is 25.6. The van der Waals surface area contributed by atoms with Crippen molar-refractivity contribution in [2.75, 3.05) is 18.8 Å². The monoisotopic (exact) mass is 435 g/mol. The second-order valence-electron chi connectivity index (χ2n) is 5.77. The molecule has 0 aliphatic rings. The van der Waals surface area contributed by atoms with Gasteiger partial charge in [-0.1, -0.05) is 24.1 Å². The van der Waals surface area contributed by atoms with Gasteiger partial charge in [0.15, 0.2) is 5.82 Å². The fraction of sp³-hybridized carbons (Fsp3) is 0.278. The average Bonchev–Trinajstić information content (AvgIpc) is 3.10. The average molecular weight is 436 g/mol. The van der Waals surface area contributed by atoms with E-state index in [1.807, 2.05) is 6.92 Å². The van der Waals surface area contributed by atoms with Gasteiger partial charge in [-0.25, -0.2) is 13.4 Å². The van der Waals surface area contributed by atoms with Crippen LogP contribution in [0.3, 0.4) is 0 Å². The number of terminal acetylenes is 1. The highest BCUT2D eigenvalue weighted by Gasteiger charge is 2.36. The topological polar surface area (TPSA) is 130 Å². The quantitative estimate of drug-likeness (QED) is 0.210. The van der Waals surface area contributed by atoms with Crippen molar-refractivity contribution in [2.45, 2.75) is 17.6 Å². The van der Waals surface area contributed by atoms with Crippen LogP contribution in [0.25, 0.3) is 0 Å². The van der Waals surface area contributed by atoms with Crippen molar-refractivity contribution in [3.05, 3.63) is 69.0 Å². The summed E-state index contributed by atoms with van der Waals surface area (Å²) in [6.07, 6.45) is 6.84. The van der Waals surface area contributed by atoms with E-state index in [-0.39, 0.29) is 17.3 Å². The molecule has 0 spiro atoms. The van der Waals surface area contributed by atoms with Crippen LogP contribution in [0.15, 0.2) is 52.4 Å². The van der Waals surface area contributed by atoms with Gasteiger partial charge in [-0.2, -0.15) is 11.8 Å². The second kappa shape index (κ2) is 10.5. The first-order chi connectivity index (χ1) is 13.9. The molecule has 1 aromatic carbocycles. The lowest BCUT2D eigenvalue weighted by atomic mass is 10.4. The van der Waals surface area contributed by atoms with E-state index in [0.717, 1.165) is 11.4 Å². The predicted molar refractivity (Wildman–Crippen MR) is 112 cm³/mol. The van der Waals surface area contributed by atoms with Crippen LogP contribution in [0.1, 0.15) is 11.4 Å². The Morgan fingerprint density at radius 3 is 2.66 bits per heavy atom. The van der Waals surface area contributed by atoms with Crippen LogP contribution >= 0.6 is 11.8 Å². The lowest BCUT2D eigenvalue weighted by Crippen LogP contribution is -2.34. The number of hydrogen-bond acceptors (Lipinski definition) is 8. The molecule has 0 saturated carbocycles. The zero-order valence-corrected chi connectivity index (χ0v) is 17.3. The van der Waals surface area contributed by atoms with Gasteiger partial charge in [0.1, 0.15) is 0 Å². The normalized spacial score (nSPS) is 12.0. The first-order valence-electron chi connectivity index (χ1n) is 8.54. The van der Waals surface area contributed by atoms with E-state index >= 15 is 0 Å². The summed E-state index contributed by atoms with van der Waals surface area (Å²) in [7, 11) is -4.35.